The standard InChI is InChI=1S/C14H18BrClN4S/c1-5-6-17-11-9(15)10(14(2,3)4)19-12(20-11)13-18-7-8(16)21-13/h7H,5-6H2,1-4H3,(H,17,19,20). The van der Waals surface area contributed by atoms with E-state index in [2.05, 4.69) is 63.9 Å². The Morgan fingerprint density at radius 3 is 2.57 bits per heavy atom. The third kappa shape index (κ3) is 3.93. The Morgan fingerprint density at radius 2 is 2.05 bits per heavy atom. The molecular weight excluding hydrogens is 372 g/mol. The molecule has 2 aromatic heterocycles. The van der Waals surface area contributed by atoms with Crippen molar-refractivity contribution in [2.45, 2.75) is 39.5 Å². The summed E-state index contributed by atoms with van der Waals surface area (Å²) >= 11 is 11.0. The number of anilines is 1. The maximum atomic E-state index is 5.97. The van der Waals surface area contributed by atoms with E-state index in [-0.39, 0.29) is 5.41 Å². The Labute approximate surface area is 142 Å². The highest BCUT2D eigenvalue weighted by atomic mass is 79.9. The monoisotopic (exact) mass is 388 g/mol. The lowest BCUT2D eigenvalue weighted by Gasteiger charge is -2.21. The zero-order valence-corrected chi connectivity index (χ0v) is 15.7. The Kier molecular flexibility index (Phi) is 5.22. The van der Waals surface area contributed by atoms with E-state index in [0.717, 1.165) is 34.0 Å². The second kappa shape index (κ2) is 6.58. The minimum atomic E-state index is -0.0970. The van der Waals surface area contributed by atoms with Gasteiger partial charge in [0.15, 0.2) is 10.8 Å². The minimum Gasteiger partial charge on any atom is -0.369 e. The van der Waals surface area contributed by atoms with Crippen LogP contribution in [0.5, 0.6) is 0 Å². The van der Waals surface area contributed by atoms with Gasteiger partial charge in [0.05, 0.1) is 16.4 Å². The average molecular weight is 390 g/mol. The Morgan fingerprint density at radius 1 is 1.33 bits per heavy atom. The molecule has 0 aliphatic rings. The zero-order valence-electron chi connectivity index (χ0n) is 12.5. The minimum absolute atomic E-state index is 0.0970. The van der Waals surface area contributed by atoms with Crippen molar-refractivity contribution in [3.8, 4) is 10.8 Å². The van der Waals surface area contributed by atoms with Gasteiger partial charge < -0.3 is 5.32 Å². The number of rotatable bonds is 4. The van der Waals surface area contributed by atoms with E-state index in [0.29, 0.717) is 10.2 Å². The molecule has 0 radical (unpaired) electrons. The molecule has 0 saturated carbocycles. The van der Waals surface area contributed by atoms with E-state index < -0.39 is 0 Å². The summed E-state index contributed by atoms with van der Waals surface area (Å²) in [7, 11) is 0. The highest BCUT2D eigenvalue weighted by Gasteiger charge is 2.24. The summed E-state index contributed by atoms with van der Waals surface area (Å²) in [5, 5.41) is 4.07. The molecule has 0 spiro atoms. The fourth-order valence-electron chi connectivity index (χ4n) is 1.76. The molecule has 1 N–H and O–H groups in total. The molecule has 7 heteroatoms. The Bertz CT molecular complexity index is 636. The van der Waals surface area contributed by atoms with Crippen molar-refractivity contribution in [2.75, 3.05) is 11.9 Å². The van der Waals surface area contributed by atoms with Gasteiger partial charge in [-0.05, 0) is 22.4 Å². The van der Waals surface area contributed by atoms with Crippen molar-refractivity contribution >= 4 is 44.7 Å². The lowest BCUT2D eigenvalue weighted by atomic mass is 9.92. The van der Waals surface area contributed by atoms with Gasteiger partial charge in [-0.25, -0.2) is 15.0 Å². The van der Waals surface area contributed by atoms with Crippen molar-refractivity contribution in [2.24, 2.45) is 0 Å². The summed E-state index contributed by atoms with van der Waals surface area (Å²) in [5.74, 6) is 1.41. The van der Waals surface area contributed by atoms with Crippen molar-refractivity contribution in [1.82, 2.24) is 15.0 Å². The van der Waals surface area contributed by atoms with Crippen LogP contribution in [0.3, 0.4) is 0 Å². The van der Waals surface area contributed by atoms with Crippen LogP contribution in [-0.4, -0.2) is 21.5 Å². The molecule has 114 valence electrons. The van der Waals surface area contributed by atoms with Crippen LogP contribution in [0.15, 0.2) is 10.7 Å². The van der Waals surface area contributed by atoms with Crippen molar-refractivity contribution in [3.63, 3.8) is 0 Å². The Balaban J connectivity index is 2.55. The third-order valence-corrected chi connectivity index (χ3v) is 4.63. The second-order valence-electron chi connectivity index (χ2n) is 5.70. The van der Waals surface area contributed by atoms with E-state index in [1.54, 1.807) is 6.20 Å². The van der Waals surface area contributed by atoms with E-state index in [1.807, 2.05) is 0 Å². The first-order valence-electron chi connectivity index (χ1n) is 6.76. The van der Waals surface area contributed by atoms with E-state index in [1.165, 1.54) is 11.3 Å². The molecule has 0 fully saturated rings. The van der Waals surface area contributed by atoms with Crippen molar-refractivity contribution in [1.29, 1.82) is 0 Å². The Hall–Kier alpha value is -0.720. The molecule has 4 nitrogen and oxygen atoms in total. The SMILES string of the molecule is CCCNc1nc(-c2ncc(Cl)s2)nc(C(C)(C)C)c1Br. The van der Waals surface area contributed by atoms with Gasteiger partial charge in [-0.1, -0.05) is 50.6 Å². The van der Waals surface area contributed by atoms with Crippen molar-refractivity contribution in [3.05, 3.63) is 20.7 Å². The quantitative estimate of drug-likeness (QED) is 0.787. The molecular formula is C14H18BrClN4S. The van der Waals surface area contributed by atoms with Crippen LogP contribution in [0.1, 0.15) is 39.8 Å². The van der Waals surface area contributed by atoms with Gasteiger partial charge in [-0.2, -0.15) is 0 Å². The summed E-state index contributed by atoms with van der Waals surface area (Å²) < 4.78 is 1.55. The van der Waals surface area contributed by atoms with Crippen molar-refractivity contribution < 1.29 is 0 Å². The number of nitrogens with one attached hydrogen (secondary N) is 1. The number of nitrogens with zero attached hydrogens (tertiary/aromatic N) is 3. The van der Waals surface area contributed by atoms with Gasteiger partial charge in [0.25, 0.3) is 0 Å². The predicted molar refractivity (Wildman–Crippen MR) is 93.3 cm³/mol. The maximum absolute atomic E-state index is 5.97. The van der Waals surface area contributed by atoms with Crippen LogP contribution in [0.25, 0.3) is 10.8 Å². The normalized spacial score (nSPS) is 11.7. The largest absolute Gasteiger partial charge is 0.369 e. The topological polar surface area (TPSA) is 50.7 Å². The van der Waals surface area contributed by atoms with Crippen LogP contribution in [0.4, 0.5) is 5.82 Å². The summed E-state index contributed by atoms with van der Waals surface area (Å²) in [4.78, 5) is 13.6. The summed E-state index contributed by atoms with van der Waals surface area (Å²) in [6.45, 7) is 9.36. The van der Waals surface area contributed by atoms with Crippen LogP contribution >= 0.6 is 38.9 Å². The first-order valence-corrected chi connectivity index (χ1v) is 8.75. The molecule has 0 aliphatic heterocycles. The van der Waals surface area contributed by atoms with Gasteiger partial charge in [0, 0.05) is 12.0 Å². The maximum Gasteiger partial charge on any atom is 0.191 e. The summed E-state index contributed by atoms with van der Waals surface area (Å²) in [5.41, 5.74) is 0.859. The fourth-order valence-corrected chi connectivity index (χ4v) is 3.52. The smallest absolute Gasteiger partial charge is 0.191 e. The third-order valence-electron chi connectivity index (χ3n) is 2.77. The van der Waals surface area contributed by atoms with E-state index in [4.69, 9.17) is 11.6 Å². The molecule has 21 heavy (non-hydrogen) atoms. The molecule has 0 bridgehead atoms. The molecule has 0 amide bonds. The van der Waals surface area contributed by atoms with Gasteiger partial charge >= 0.3 is 0 Å². The number of hydrogen-bond acceptors (Lipinski definition) is 5. The lowest BCUT2D eigenvalue weighted by molar-refractivity contribution is 0.564. The van der Waals surface area contributed by atoms with Crippen LogP contribution < -0.4 is 5.32 Å². The zero-order chi connectivity index (χ0) is 15.6. The summed E-state index contributed by atoms with van der Waals surface area (Å²) in [6.07, 6.45) is 2.66. The molecule has 0 atom stereocenters. The van der Waals surface area contributed by atoms with Crippen LogP contribution in [0.2, 0.25) is 4.34 Å². The van der Waals surface area contributed by atoms with Gasteiger partial charge in [-0.3, -0.25) is 0 Å². The first kappa shape index (κ1) is 16.6. The molecule has 0 unspecified atom stereocenters. The average Bonchev–Trinajstić information content (AvgIpc) is 2.83. The summed E-state index contributed by atoms with van der Waals surface area (Å²) in [6, 6.07) is 0. The van der Waals surface area contributed by atoms with Gasteiger partial charge in [-0.15, -0.1) is 0 Å². The fraction of sp³-hybridized carbons (Fsp3) is 0.500. The van der Waals surface area contributed by atoms with E-state index >= 15 is 0 Å². The van der Waals surface area contributed by atoms with Gasteiger partial charge in [0.2, 0.25) is 0 Å². The molecule has 0 aromatic carbocycles. The first-order chi connectivity index (χ1) is 9.82. The second-order valence-corrected chi connectivity index (χ2v) is 8.16. The number of aromatic nitrogens is 3. The molecule has 2 aromatic rings. The molecule has 0 aliphatic carbocycles. The van der Waals surface area contributed by atoms with Gasteiger partial charge in [0.1, 0.15) is 10.2 Å². The molecule has 2 heterocycles. The predicted octanol–water partition coefficient (Wildman–Crippen LogP) is 5.14. The van der Waals surface area contributed by atoms with Crippen LogP contribution in [-0.2, 0) is 5.41 Å². The number of halogens is 2. The highest BCUT2D eigenvalue weighted by molar-refractivity contribution is 9.10. The highest BCUT2D eigenvalue weighted by Crippen LogP contribution is 2.35. The van der Waals surface area contributed by atoms with E-state index in [9.17, 15) is 0 Å². The molecule has 2 rings (SSSR count). The lowest BCUT2D eigenvalue weighted by Crippen LogP contribution is -2.17. The molecule has 0 saturated heterocycles. The number of hydrogen-bond donors (Lipinski definition) is 1. The van der Waals surface area contributed by atoms with Crippen LogP contribution in [0, 0.1) is 0 Å². The number of thiazole rings is 1.